The highest BCUT2D eigenvalue weighted by Gasteiger charge is 2.37. The first kappa shape index (κ1) is 9.94. The Bertz CT molecular complexity index is 520. The number of halogens is 1. The summed E-state index contributed by atoms with van der Waals surface area (Å²) in [5.41, 5.74) is 6.80. The molecule has 0 saturated heterocycles. The van der Waals surface area contributed by atoms with Gasteiger partial charge in [0.15, 0.2) is 0 Å². The maximum atomic E-state index is 5.94. The second kappa shape index (κ2) is 3.65. The minimum Gasteiger partial charge on any atom is -0.461 e. The Labute approximate surface area is 99.0 Å². The normalized spacial score (nSPS) is 23.4. The molecule has 3 rings (SSSR count). The number of rotatable bonds is 2. The monoisotopic (exact) mass is 233 g/mol. The van der Waals surface area contributed by atoms with E-state index >= 15 is 0 Å². The molecule has 2 unspecified atom stereocenters. The van der Waals surface area contributed by atoms with E-state index in [9.17, 15) is 0 Å². The lowest BCUT2D eigenvalue weighted by atomic mass is 10.2. The van der Waals surface area contributed by atoms with Gasteiger partial charge in [-0.15, -0.1) is 0 Å². The van der Waals surface area contributed by atoms with E-state index in [0.717, 1.165) is 28.5 Å². The van der Waals surface area contributed by atoms with Crippen LogP contribution in [0.2, 0.25) is 5.02 Å². The minimum atomic E-state index is 0.276. The van der Waals surface area contributed by atoms with Crippen molar-refractivity contribution in [1.82, 2.24) is 0 Å². The number of hydrogen-bond acceptors (Lipinski definition) is 2. The second-order valence-corrected chi connectivity index (χ2v) is 4.65. The van der Waals surface area contributed by atoms with Crippen LogP contribution in [0.4, 0.5) is 0 Å². The summed E-state index contributed by atoms with van der Waals surface area (Å²) in [5.74, 6) is 2.26. The number of nitrogens with two attached hydrogens (primary N) is 1. The molecule has 2 aromatic rings. The van der Waals surface area contributed by atoms with Crippen LogP contribution in [0.1, 0.15) is 18.1 Å². The molecule has 1 saturated carbocycles. The van der Waals surface area contributed by atoms with Gasteiger partial charge in [0.05, 0.1) is 0 Å². The van der Waals surface area contributed by atoms with Gasteiger partial charge in [0.25, 0.3) is 0 Å². The molecule has 0 radical (unpaired) electrons. The van der Waals surface area contributed by atoms with Crippen molar-refractivity contribution in [3.63, 3.8) is 0 Å². The van der Waals surface area contributed by atoms with Crippen molar-refractivity contribution in [3.05, 3.63) is 47.2 Å². The summed E-state index contributed by atoms with van der Waals surface area (Å²) >= 11 is 5.94. The van der Waals surface area contributed by atoms with Crippen molar-refractivity contribution in [2.45, 2.75) is 18.4 Å². The molecule has 1 aliphatic rings. The van der Waals surface area contributed by atoms with Crippen LogP contribution < -0.4 is 5.73 Å². The molecule has 1 aromatic carbocycles. The van der Waals surface area contributed by atoms with Crippen LogP contribution in [0.5, 0.6) is 0 Å². The van der Waals surface area contributed by atoms with Crippen molar-refractivity contribution in [2.24, 2.45) is 5.73 Å². The fraction of sp³-hybridized carbons (Fsp3) is 0.231. The molecule has 3 heteroatoms. The van der Waals surface area contributed by atoms with Crippen molar-refractivity contribution in [1.29, 1.82) is 0 Å². The Morgan fingerprint density at radius 3 is 2.75 bits per heavy atom. The van der Waals surface area contributed by atoms with Gasteiger partial charge in [0.1, 0.15) is 11.5 Å². The molecule has 16 heavy (non-hydrogen) atoms. The molecule has 0 aliphatic heterocycles. The van der Waals surface area contributed by atoms with Gasteiger partial charge in [-0.2, -0.15) is 0 Å². The largest absolute Gasteiger partial charge is 0.461 e. The van der Waals surface area contributed by atoms with Crippen LogP contribution >= 0.6 is 11.6 Å². The van der Waals surface area contributed by atoms with Crippen LogP contribution in [0.3, 0.4) is 0 Å². The minimum absolute atomic E-state index is 0.276. The topological polar surface area (TPSA) is 39.2 Å². The molecule has 2 atom stereocenters. The van der Waals surface area contributed by atoms with E-state index in [4.69, 9.17) is 21.8 Å². The third-order valence-electron chi connectivity index (χ3n) is 2.94. The van der Waals surface area contributed by atoms with E-state index in [1.807, 2.05) is 36.4 Å². The predicted molar refractivity (Wildman–Crippen MR) is 64.5 cm³/mol. The van der Waals surface area contributed by atoms with Gasteiger partial charge in [-0.05, 0) is 30.7 Å². The summed E-state index contributed by atoms with van der Waals surface area (Å²) in [4.78, 5) is 0. The summed E-state index contributed by atoms with van der Waals surface area (Å²) in [7, 11) is 0. The molecule has 2 N–H and O–H groups in total. The molecule has 1 fully saturated rings. The third-order valence-corrected chi connectivity index (χ3v) is 3.18. The van der Waals surface area contributed by atoms with Crippen molar-refractivity contribution in [3.8, 4) is 11.3 Å². The molecular formula is C13H12ClNO. The molecule has 0 spiro atoms. The average molecular weight is 234 g/mol. The lowest BCUT2D eigenvalue weighted by Crippen LogP contribution is -2.00. The fourth-order valence-electron chi connectivity index (χ4n) is 1.89. The number of furan rings is 1. The summed E-state index contributed by atoms with van der Waals surface area (Å²) < 4.78 is 5.78. The Kier molecular flexibility index (Phi) is 2.27. The van der Waals surface area contributed by atoms with Crippen molar-refractivity contribution >= 4 is 11.6 Å². The van der Waals surface area contributed by atoms with Gasteiger partial charge in [0.2, 0.25) is 0 Å². The molecule has 82 valence electrons. The van der Waals surface area contributed by atoms with Gasteiger partial charge in [-0.3, -0.25) is 0 Å². The molecule has 2 nitrogen and oxygen atoms in total. The Morgan fingerprint density at radius 2 is 2.06 bits per heavy atom. The predicted octanol–water partition coefficient (Wildman–Crippen LogP) is 3.41. The van der Waals surface area contributed by atoms with Crippen LogP contribution in [0.15, 0.2) is 40.8 Å². The Balaban J connectivity index is 1.92. The fourth-order valence-corrected chi connectivity index (χ4v) is 2.08. The zero-order valence-electron chi connectivity index (χ0n) is 8.69. The van der Waals surface area contributed by atoms with Crippen molar-refractivity contribution in [2.75, 3.05) is 0 Å². The smallest absolute Gasteiger partial charge is 0.134 e. The lowest BCUT2D eigenvalue weighted by Gasteiger charge is -1.97. The Morgan fingerprint density at radius 1 is 1.25 bits per heavy atom. The van der Waals surface area contributed by atoms with E-state index in [1.54, 1.807) is 0 Å². The SMILES string of the molecule is NC1CC1c1ccc(-c2cccc(Cl)c2)o1. The van der Waals surface area contributed by atoms with Gasteiger partial charge in [-0.1, -0.05) is 23.7 Å². The maximum Gasteiger partial charge on any atom is 0.134 e. The quantitative estimate of drug-likeness (QED) is 0.863. The van der Waals surface area contributed by atoms with Crippen LogP contribution in [-0.4, -0.2) is 6.04 Å². The van der Waals surface area contributed by atoms with Crippen LogP contribution in [0.25, 0.3) is 11.3 Å². The van der Waals surface area contributed by atoms with Gasteiger partial charge in [0, 0.05) is 22.5 Å². The number of hydrogen-bond donors (Lipinski definition) is 1. The van der Waals surface area contributed by atoms with E-state index in [2.05, 4.69) is 0 Å². The molecule has 1 aliphatic carbocycles. The highest BCUT2D eigenvalue weighted by atomic mass is 35.5. The lowest BCUT2D eigenvalue weighted by molar-refractivity contribution is 0.522. The summed E-state index contributed by atoms with van der Waals surface area (Å²) in [5, 5.41) is 0.721. The summed E-state index contributed by atoms with van der Waals surface area (Å²) in [6, 6.07) is 11.9. The highest BCUT2D eigenvalue weighted by molar-refractivity contribution is 6.30. The molecule has 1 heterocycles. The first-order valence-corrected chi connectivity index (χ1v) is 5.73. The molecule has 0 bridgehead atoms. The highest BCUT2D eigenvalue weighted by Crippen LogP contribution is 2.41. The number of benzene rings is 1. The van der Waals surface area contributed by atoms with Gasteiger partial charge in [-0.25, -0.2) is 0 Å². The van der Waals surface area contributed by atoms with E-state index in [-0.39, 0.29) is 6.04 Å². The second-order valence-electron chi connectivity index (χ2n) is 4.22. The first-order chi connectivity index (χ1) is 7.74. The van der Waals surface area contributed by atoms with E-state index in [1.165, 1.54) is 0 Å². The zero-order valence-corrected chi connectivity index (χ0v) is 9.45. The molecule has 0 amide bonds. The Hall–Kier alpha value is -1.25. The van der Waals surface area contributed by atoms with Crippen LogP contribution in [-0.2, 0) is 0 Å². The summed E-state index contributed by atoms with van der Waals surface area (Å²) in [6.07, 6.45) is 1.03. The molecule has 1 aromatic heterocycles. The first-order valence-electron chi connectivity index (χ1n) is 5.35. The average Bonchev–Trinajstić information content (AvgIpc) is 2.81. The van der Waals surface area contributed by atoms with Gasteiger partial charge >= 0.3 is 0 Å². The van der Waals surface area contributed by atoms with E-state index in [0.29, 0.717) is 5.92 Å². The van der Waals surface area contributed by atoms with E-state index < -0.39 is 0 Å². The summed E-state index contributed by atoms with van der Waals surface area (Å²) in [6.45, 7) is 0. The van der Waals surface area contributed by atoms with Gasteiger partial charge < -0.3 is 10.2 Å². The van der Waals surface area contributed by atoms with Crippen LogP contribution in [0, 0.1) is 0 Å². The van der Waals surface area contributed by atoms with Crippen molar-refractivity contribution < 1.29 is 4.42 Å². The maximum absolute atomic E-state index is 5.94. The zero-order chi connectivity index (χ0) is 11.1. The standard InChI is InChI=1S/C13H12ClNO/c14-9-3-1-2-8(6-9)12-4-5-13(16-12)10-7-11(10)15/h1-6,10-11H,7,15H2. The third kappa shape index (κ3) is 1.75. The molecular weight excluding hydrogens is 222 g/mol.